The molecule has 8 N–H and O–H groups in total. The van der Waals surface area contributed by atoms with Crippen molar-refractivity contribution in [3.63, 3.8) is 0 Å². The normalized spacial score (nSPS) is 24.0. The van der Waals surface area contributed by atoms with Gasteiger partial charge in [-0.1, -0.05) is 96.4 Å². The van der Waals surface area contributed by atoms with Crippen molar-refractivity contribution in [1.29, 1.82) is 0 Å². The van der Waals surface area contributed by atoms with Gasteiger partial charge >= 0.3 is 0 Å². The molecule has 12 heteroatoms. The molecule has 2 heterocycles. The van der Waals surface area contributed by atoms with Gasteiger partial charge in [-0.25, -0.2) is 0 Å². The SMILES string of the molecule is CCCCC[C@H](CC[C@@]12/C=C/C(=O)CCc3ccc(O)c(c3)OCCc3ccc(O)c(c3)[C@H]3CC([O-])=C4C=CN=C4CC#Cc4cc(C(N)N)c(cc43)CSSC[C@H](C1)[C@H](O)C2)C[C@H](C)O. The number of aliphatic imine (C=N–C) groups is 1. The zero-order valence-corrected chi connectivity index (χ0v) is 40.0. The molecule has 3 aromatic rings. The first-order chi connectivity index (χ1) is 31.8. The fourth-order valence-electron chi connectivity index (χ4n) is 10.1. The fourth-order valence-corrected chi connectivity index (χ4v) is 12.7. The van der Waals surface area contributed by atoms with E-state index in [0.717, 1.165) is 79.2 Å². The molecule has 7 rings (SSSR count). The first kappa shape index (κ1) is 49.4. The molecule has 352 valence electrons. The first-order valence-electron chi connectivity index (χ1n) is 23.7. The van der Waals surface area contributed by atoms with E-state index in [0.29, 0.717) is 71.3 Å². The number of fused-ring (bicyclic) bond motifs is 9. The number of aliphatic hydroxyl groups excluding tert-OH is 2. The van der Waals surface area contributed by atoms with Crippen LogP contribution in [-0.2, 0) is 23.4 Å². The molecular weight excluding hydrogens is 867 g/mol. The van der Waals surface area contributed by atoms with Crippen LogP contribution in [0.2, 0.25) is 0 Å². The van der Waals surface area contributed by atoms with Gasteiger partial charge in [0.2, 0.25) is 0 Å². The number of hydrogen-bond acceptors (Lipinski definition) is 12. The number of aliphatic hydroxyl groups is 2. The van der Waals surface area contributed by atoms with E-state index in [1.54, 1.807) is 64.2 Å². The maximum Gasteiger partial charge on any atom is 0.161 e. The van der Waals surface area contributed by atoms with Crippen molar-refractivity contribution in [3.8, 4) is 29.1 Å². The molecule has 4 aliphatic rings. The van der Waals surface area contributed by atoms with Gasteiger partial charge in [-0.15, -0.1) is 5.76 Å². The molecular formula is C54H66N3O7S2-. The van der Waals surface area contributed by atoms with Gasteiger partial charge < -0.3 is 41.7 Å². The second-order valence-corrected chi connectivity index (χ2v) is 21.4. The smallest absolute Gasteiger partial charge is 0.161 e. The number of aromatic hydroxyl groups is 2. The van der Waals surface area contributed by atoms with Crippen molar-refractivity contribution in [1.82, 2.24) is 0 Å². The van der Waals surface area contributed by atoms with Crippen LogP contribution in [0.4, 0.5) is 0 Å². The van der Waals surface area contributed by atoms with Crippen LogP contribution in [0.25, 0.3) is 0 Å². The second kappa shape index (κ2) is 23.0. The summed E-state index contributed by atoms with van der Waals surface area (Å²) < 4.78 is 6.15. The van der Waals surface area contributed by atoms with Gasteiger partial charge in [-0.2, -0.15) is 0 Å². The van der Waals surface area contributed by atoms with E-state index in [1.165, 1.54) is 0 Å². The minimum Gasteiger partial charge on any atom is -0.875 e. The fraction of sp³-hybridized carbons (Fsp3) is 0.481. The molecule has 0 saturated heterocycles. The molecule has 2 aliphatic carbocycles. The summed E-state index contributed by atoms with van der Waals surface area (Å²) in [5.41, 5.74) is 19.1. The number of ether oxygens (including phenoxy) is 1. The molecule has 1 saturated carbocycles. The van der Waals surface area contributed by atoms with Crippen molar-refractivity contribution in [2.24, 2.45) is 33.7 Å². The summed E-state index contributed by atoms with van der Waals surface area (Å²) in [6.07, 6.45) is 15.2. The highest BCUT2D eigenvalue weighted by Crippen LogP contribution is 2.50. The lowest BCUT2D eigenvalue weighted by Crippen LogP contribution is -2.23. The number of nitrogens with two attached hydrogens (primary N) is 2. The van der Waals surface area contributed by atoms with Crippen molar-refractivity contribution in [2.45, 2.75) is 134 Å². The highest BCUT2D eigenvalue weighted by molar-refractivity contribution is 8.76. The second-order valence-electron chi connectivity index (χ2n) is 18.9. The van der Waals surface area contributed by atoms with Crippen molar-refractivity contribution in [3.05, 3.63) is 123 Å². The Bertz CT molecular complexity index is 2400. The largest absolute Gasteiger partial charge is 0.875 e. The number of benzene rings is 3. The highest BCUT2D eigenvalue weighted by Gasteiger charge is 2.43. The molecule has 1 fully saturated rings. The number of unbranched alkanes of at least 4 members (excludes halogenated alkanes) is 2. The van der Waals surface area contributed by atoms with Crippen molar-refractivity contribution >= 4 is 33.1 Å². The van der Waals surface area contributed by atoms with Gasteiger partial charge in [-0.05, 0) is 139 Å². The predicted octanol–water partition coefficient (Wildman–Crippen LogP) is 8.95. The minimum absolute atomic E-state index is 0.00124. The summed E-state index contributed by atoms with van der Waals surface area (Å²) in [6, 6.07) is 14.6. The van der Waals surface area contributed by atoms with Crippen LogP contribution in [0.15, 0.2) is 89.3 Å². The molecule has 3 aromatic carbocycles. The lowest BCUT2D eigenvalue weighted by atomic mass is 9.76. The van der Waals surface area contributed by atoms with E-state index in [9.17, 15) is 30.3 Å². The molecule has 6 atom stereocenters. The van der Waals surface area contributed by atoms with Gasteiger partial charge in [0.1, 0.15) is 5.75 Å². The van der Waals surface area contributed by atoms with Crippen LogP contribution < -0.4 is 21.3 Å². The lowest BCUT2D eigenvalue weighted by Gasteiger charge is -2.29. The topological polar surface area (TPSA) is 195 Å². The predicted molar refractivity (Wildman–Crippen MR) is 265 cm³/mol. The van der Waals surface area contributed by atoms with E-state index in [2.05, 4.69) is 35.9 Å². The molecule has 0 amide bonds. The zero-order valence-electron chi connectivity index (χ0n) is 38.3. The number of carbonyl (C=O) groups is 1. The van der Waals surface area contributed by atoms with Gasteiger partial charge in [0.25, 0.3) is 0 Å². The number of phenols is 2. The Kier molecular flexibility index (Phi) is 17.2. The van der Waals surface area contributed by atoms with Crippen LogP contribution in [0, 0.1) is 29.1 Å². The van der Waals surface area contributed by atoms with Crippen LogP contribution in [0.3, 0.4) is 0 Å². The Labute approximate surface area is 398 Å². The van der Waals surface area contributed by atoms with E-state index in [1.807, 2.05) is 25.1 Å². The number of rotatable bonds is 10. The van der Waals surface area contributed by atoms with E-state index in [-0.39, 0.29) is 53.8 Å². The number of ketones is 1. The third-order valence-corrected chi connectivity index (χ3v) is 16.2. The Morgan fingerprint density at radius 3 is 2.56 bits per heavy atom. The number of carbonyl (C=O) groups excluding carboxylic acids is 1. The van der Waals surface area contributed by atoms with Gasteiger partial charge in [-0.3, -0.25) is 9.79 Å². The summed E-state index contributed by atoms with van der Waals surface area (Å²) in [4.78, 5) is 18.0. The maximum atomic E-state index is 14.2. The first-order valence-corrected chi connectivity index (χ1v) is 26.2. The van der Waals surface area contributed by atoms with Crippen LogP contribution in [-0.4, -0.2) is 56.5 Å². The van der Waals surface area contributed by atoms with E-state index < -0.39 is 24.3 Å². The zero-order chi connectivity index (χ0) is 46.8. The Morgan fingerprint density at radius 2 is 1.77 bits per heavy atom. The molecule has 8 bridgehead atoms. The Balaban J connectivity index is 1.24. The summed E-state index contributed by atoms with van der Waals surface area (Å²) in [6.45, 7) is 4.28. The van der Waals surface area contributed by atoms with Crippen molar-refractivity contribution in [2.75, 3.05) is 12.4 Å². The highest BCUT2D eigenvalue weighted by atomic mass is 33.1. The molecule has 0 spiro atoms. The number of aryl methyl sites for hydroxylation is 1. The quantitative estimate of drug-likeness (QED) is 0.0492. The number of hydrogen-bond donors (Lipinski definition) is 6. The lowest BCUT2D eigenvalue weighted by molar-refractivity contribution is -0.307. The van der Waals surface area contributed by atoms with E-state index >= 15 is 0 Å². The summed E-state index contributed by atoms with van der Waals surface area (Å²) >= 11 is 0. The maximum absolute atomic E-state index is 14.2. The number of phenolic OH excluding ortho intramolecular Hbond substituents is 2. The van der Waals surface area contributed by atoms with Crippen LogP contribution in [0.5, 0.6) is 17.2 Å². The molecule has 2 aliphatic heterocycles. The van der Waals surface area contributed by atoms with Gasteiger partial charge in [0.05, 0.1) is 37.1 Å². The molecule has 0 unspecified atom stereocenters. The number of nitrogens with zero attached hydrogens (tertiary/aromatic N) is 1. The summed E-state index contributed by atoms with van der Waals surface area (Å²) in [5.74, 6) is 7.89. The minimum atomic E-state index is -0.796. The summed E-state index contributed by atoms with van der Waals surface area (Å²) in [5, 5.41) is 58.6. The Morgan fingerprint density at radius 1 is 0.970 bits per heavy atom. The third kappa shape index (κ3) is 12.7. The third-order valence-electron chi connectivity index (χ3n) is 13.8. The average Bonchev–Trinajstić information content (AvgIpc) is 3.89. The molecule has 0 aromatic heterocycles. The van der Waals surface area contributed by atoms with Gasteiger partial charge in [0.15, 0.2) is 17.3 Å². The number of allylic oxidation sites excluding steroid dienone is 5. The summed E-state index contributed by atoms with van der Waals surface area (Å²) in [7, 11) is 3.36. The van der Waals surface area contributed by atoms with E-state index in [4.69, 9.17) is 16.2 Å². The van der Waals surface area contributed by atoms with Crippen LogP contribution >= 0.6 is 21.6 Å². The van der Waals surface area contributed by atoms with Crippen LogP contribution in [0.1, 0.15) is 142 Å². The standard InChI is InChI=1S/C54H67N3O7S2/c1-3-4-5-7-35(24-34(2)58)16-20-54-21-17-41(59)13-10-36-12-15-49(61)52(26-36)64-23-19-37-11-14-48(60)46(25-37)45-29-50(62)42-18-22-57-47(42)9-6-8-38-27-44(53(55)56)39(28-43(38)45)32-65-66-33-40(30-54)51(63)31-54/h11-12,14-15,17-18,21-22,25-28,34-35,40,45,51,53,58,60-63H,3-5,7,9-10,13,16,19-20,23-24,29-33,55-56H2,1-2H3/p-1/b21-17+,50-42?/t34-,35+,40-,45-,51+,54+/m0/s1. The Hall–Kier alpha value is -4.48. The monoisotopic (exact) mass is 932 g/mol. The average molecular weight is 933 g/mol. The van der Waals surface area contributed by atoms with Crippen molar-refractivity contribution < 1.29 is 35.1 Å². The molecule has 0 radical (unpaired) electrons. The molecule has 10 nitrogen and oxygen atoms in total. The van der Waals surface area contributed by atoms with Gasteiger partial charge in [0, 0.05) is 47.6 Å². The molecule has 66 heavy (non-hydrogen) atoms.